The molecule has 1 unspecified atom stereocenters. The second-order valence-electron chi connectivity index (χ2n) is 25.5. The van der Waals surface area contributed by atoms with Crippen LogP contribution in [0, 0.1) is 12.8 Å². The van der Waals surface area contributed by atoms with Gasteiger partial charge >= 0.3 is 0 Å². The Morgan fingerprint density at radius 1 is 0.609 bits per heavy atom. The van der Waals surface area contributed by atoms with Gasteiger partial charge in [-0.05, 0) is 187 Å². The first-order chi connectivity index (χ1) is 43.0. The van der Waals surface area contributed by atoms with Crippen molar-refractivity contribution < 1.29 is 27.2 Å². The van der Waals surface area contributed by atoms with Crippen LogP contribution in [-0.2, 0) is 16.0 Å². The Morgan fingerprint density at radius 2 is 1.17 bits per heavy atom. The fraction of sp³-hybridized carbons (Fsp3) is 0.492. The zero-order chi connectivity index (χ0) is 68.7. The summed E-state index contributed by atoms with van der Waals surface area (Å²) in [6.07, 6.45) is 9.86. The fourth-order valence-corrected chi connectivity index (χ4v) is 8.05. The number of rotatable bonds is 14. The molecule has 1 atom stereocenters. The second kappa shape index (κ2) is 38.0. The maximum absolute atomic E-state index is 12.2. The molecule has 1 aliphatic rings. The first kappa shape index (κ1) is 77.2. The van der Waals surface area contributed by atoms with Crippen molar-refractivity contribution in [1.29, 1.82) is 0 Å². The standard InChI is InChI=1S/C10H12N2O.C10H12N2S.C9H15N3.C9H14N2.C8H13N3.C7H11F2NO.C6H11N5O.C6H10N2O/c2*1-7(2)11-10-12-8-5-3-4-6-9(8)13-10;1-7-10-6-5-8(11-7)12-9(2,3)4;1-9(2,3)11-8-6-4-5-7-10-8;1-8(2,3)11-7-4-5-9-6-10-7;1-4(2)10-6(11)5-3-7(5,8)9;1-4(2)7-6(12)3-5-8-10-11-9-5;1-5(2)8-6-7-3-4-9-6/h2*3-7H,1-2H3,(H,11,12);5-6H,1-4H3,(H,10,11,12);4-7H,1-3H3,(H,10,11);4-6H,1-3H3,(H,9,10,11);4-5H,3H2,1-2H3,(H,10,11);4H,3H2,1-2H3,(H,7,12)(H,8,9,10,11);3-5H,1-2H3,(H,7,8). The van der Waals surface area contributed by atoms with Gasteiger partial charge in [0.1, 0.15) is 47.3 Å². The third kappa shape index (κ3) is 35.4. The Morgan fingerprint density at radius 3 is 1.66 bits per heavy atom. The zero-order valence-electron chi connectivity index (χ0n) is 57.1. The van der Waals surface area contributed by atoms with Gasteiger partial charge in [0.05, 0.1) is 22.8 Å². The molecule has 0 saturated heterocycles. The molecule has 27 heteroatoms. The summed E-state index contributed by atoms with van der Waals surface area (Å²) in [4.78, 5) is 54.8. The summed E-state index contributed by atoms with van der Waals surface area (Å²) >= 11 is 1.70. The molecule has 1 aliphatic carbocycles. The molecule has 0 radical (unpaired) electrons. The Kier molecular flexibility index (Phi) is 31.9. The highest BCUT2D eigenvalue weighted by Crippen LogP contribution is 2.48. The zero-order valence-corrected chi connectivity index (χ0v) is 57.9. The number of hydrogen-bond acceptors (Lipinski definition) is 22. The molecule has 0 aliphatic heterocycles. The van der Waals surface area contributed by atoms with E-state index in [2.05, 4.69) is 199 Å². The van der Waals surface area contributed by atoms with Crippen molar-refractivity contribution in [2.24, 2.45) is 5.92 Å². The number of amides is 2. The molecular weight excluding hydrogens is 1190 g/mol. The van der Waals surface area contributed by atoms with E-state index in [1.54, 1.807) is 56.2 Å². The lowest BCUT2D eigenvalue weighted by Gasteiger charge is -2.21. The average Bonchev–Trinajstić information content (AvgIpc) is 1.64. The molecule has 24 nitrogen and oxygen atoms in total. The SMILES string of the molecule is CC(C)(C)Nc1ccccn1.CC(C)(C)Nc1ccncn1.CC(C)NC(=O)C1CC1(F)F.CC(C)NC(=O)Cc1nn[nH]n1.CC(C)Nc1nc2ccccc2o1.CC(C)Nc1nc2ccccc2s1.CC(C)Nc1ncco1.Cc1nccc(NC(C)(C)C)n1. The number of pyridine rings is 1. The molecule has 1 saturated carbocycles. The summed E-state index contributed by atoms with van der Waals surface area (Å²) in [6.45, 7) is 40.5. The first-order valence-electron chi connectivity index (χ1n) is 30.5. The molecule has 9 aromatic rings. The van der Waals surface area contributed by atoms with Crippen molar-refractivity contribution in [2.45, 2.75) is 204 Å². The van der Waals surface area contributed by atoms with E-state index < -0.39 is 17.7 Å². The van der Waals surface area contributed by atoms with Crippen molar-refractivity contribution in [1.82, 2.24) is 71.1 Å². The molecule has 0 spiro atoms. The summed E-state index contributed by atoms with van der Waals surface area (Å²) in [7, 11) is 0. The molecule has 1 fully saturated rings. The number of aromatic nitrogens is 12. The third-order valence-electron chi connectivity index (χ3n) is 10.5. The van der Waals surface area contributed by atoms with Gasteiger partial charge in [0, 0.05) is 71.8 Å². The predicted octanol–water partition coefficient (Wildman–Crippen LogP) is 13.7. The van der Waals surface area contributed by atoms with Gasteiger partial charge in [0.2, 0.25) is 11.8 Å². The number of tetrazole rings is 1. The number of halogens is 2. The van der Waals surface area contributed by atoms with Crippen molar-refractivity contribution in [3.8, 4) is 0 Å². The van der Waals surface area contributed by atoms with Gasteiger partial charge in [0.25, 0.3) is 18.0 Å². The number of para-hydroxylation sites is 3. The van der Waals surface area contributed by atoms with E-state index in [-0.39, 0.29) is 47.4 Å². The second-order valence-corrected chi connectivity index (χ2v) is 26.6. The Hall–Kier alpha value is -9.01. The number of nitrogens with one attached hydrogen (secondary N) is 9. The minimum Gasteiger partial charge on any atom is -0.432 e. The molecule has 7 aromatic heterocycles. The average molecular weight is 1290 g/mol. The van der Waals surface area contributed by atoms with Crippen molar-refractivity contribution >= 4 is 79.1 Å². The maximum atomic E-state index is 12.2. The van der Waals surface area contributed by atoms with Gasteiger partial charge in [-0.15, -0.1) is 10.2 Å². The number of carbonyl (C=O) groups is 2. The minimum absolute atomic E-state index is 0.0563. The molecule has 0 bridgehead atoms. The van der Waals surface area contributed by atoms with Crippen molar-refractivity contribution in [3.63, 3.8) is 0 Å². The number of aromatic amines is 1. The van der Waals surface area contributed by atoms with Crippen LogP contribution in [0.3, 0.4) is 0 Å². The number of benzene rings is 2. The molecule has 9 N–H and O–H groups in total. The van der Waals surface area contributed by atoms with Gasteiger partial charge in [-0.25, -0.2) is 43.7 Å². The highest BCUT2D eigenvalue weighted by atomic mass is 32.1. The number of oxazole rings is 2. The van der Waals surface area contributed by atoms with Crippen LogP contribution < -0.4 is 42.5 Å². The van der Waals surface area contributed by atoms with Crippen LogP contribution in [0.2, 0.25) is 0 Å². The van der Waals surface area contributed by atoms with Crippen molar-refractivity contribution in [3.05, 3.63) is 128 Å². The van der Waals surface area contributed by atoms with Crippen LogP contribution in [0.4, 0.5) is 43.4 Å². The van der Waals surface area contributed by atoms with Gasteiger partial charge in [-0.2, -0.15) is 10.2 Å². The summed E-state index contributed by atoms with van der Waals surface area (Å²) < 4.78 is 36.1. The van der Waals surface area contributed by atoms with E-state index >= 15 is 0 Å². The quantitative estimate of drug-likeness (QED) is 0.0488. The molecule has 7 heterocycles. The van der Waals surface area contributed by atoms with Gasteiger partial charge < -0.3 is 51.4 Å². The molecule has 2 aromatic carbocycles. The topological polar surface area (TPSA) is 314 Å². The predicted molar refractivity (Wildman–Crippen MR) is 367 cm³/mol. The number of fused-ring (bicyclic) bond motifs is 2. The largest absolute Gasteiger partial charge is 0.432 e. The minimum atomic E-state index is -2.74. The number of hydrogen-bond donors (Lipinski definition) is 9. The lowest BCUT2D eigenvalue weighted by atomic mass is 10.1. The van der Waals surface area contributed by atoms with Crippen LogP contribution in [0.15, 0.2) is 125 Å². The number of carbonyl (C=O) groups excluding carboxylic acids is 2. The maximum Gasteiger partial charge on any atom is 0.295 e. The van der Waals surface area contributed by atoms with E-state index in [4.69, 9.17) is 8.83 Å². The van der Waals surface area contributed by atoms with E-state index in [0.29, 0.717) is 36.0 Å². The number of anilines is 6. The Balaban J connectivity index is 0.000000275. The van der Waals surface area contributed by atoms with Crippen LogP contribution in [0.1, 0.15) is 150 Å². The summed E-state index contributed by atoms with van der Waals surface area (Å²) in [5, 5.41) is 38.3. The number of aryl methyl sites for hydroxylation is 1. The first-order valence-corrected chi connectivity index (χ1v) is 31.3. The summed E-state index contributed by atoms with van der Waals surface area (Å²) in [5.41, 5.74) is 3.01. The summed E-state index contributed by atoms with van der Waals surface area (Å²) in [6, 6.07) is 27.9. The van der Waals surface area contributed by atoms with Crippen LogP contribution in [0.25, 0.3) is 21.3 Å². The smallest absolute Gasteiger partial charge is 0.295 e. The molecule has 502 valence electrons. The molecule has 2 amide bonds. The highest BCUT2D eigenvalue weighted by molar-refractivity contribution is 7.22. The van der Waals surface area contributed by atoms with Crippen LogP contribution in [0.5, 0.6) is 0 Å². The van der Waals surface area contributed by atoms with E-state index in [1.807, 2.05) is 107 Å². The Bertz CT molecular complexity index is 3240. The fourth-order valence-electron chi connectivity index (χ4n) is 7.04. The van der Waals surface area contributed by atoms with Crippen molar-refractivity contribution in [2.75, 3.05) is 31.9 Å². The Labute approximate surface area is 544 Å². The van der Waals surface area contributed by atoms with Crippen LogP contribution in [-0.4, -0.2) is 125 Å². The molecule has 10 rings (SSSR count). The third-order valence-corrected chi connectivity index (χ3v) is 11.5. The van der Waals surface area contributed by atoms with E-state index in [1.165, 1.54) is 11.0 Å². The lowest BCUT2D eigenvalue weighted by Crippen LogP contribution is -2.32. The van der Waals surface area contributed by atoms with Gasteiger partial charge in [-0.1, -0.05) is 46.9 Å². The van der Waals surface area contributed by atoms with Crippen LogP contribution >= 0.6 is 11.3 Å². The number of alkyl halides is 2. The highest BCUT2D eigenvalue weighted by Gasteiger charge is 2.61. The molecule has 92 heavy (non-hydrogen) atoms. The monoisotopic (exact) mass is 1290 g/mol. The van der Waals surface area contributed by atoms with E-state index in [0.717, 1.165) is 45.0 Å². The molecular formula is C65H98F2N20O4S. The normalized spacial score (nSPS) is 12.8. The number of nitrogens with zero attached hydrogens (tertiary/aromatic N) is 11. The number of H-pyrrole nitrogens is 1. The van der Waals surface area contributed by atoms with Gasteiger partial charge in [0.15, 0.2) is 16.5 Å². The van der Waals surface area contributed by atoms with E-state index in [9.17, 15) is 18.4 Å². The van der Waals surface area contributed by atoms with Gasteiger partial charge in [-0.3, -0.25) is 9.59 Å². The summed E-state index contributed by atoms with van der Waals surface area (Å²) in [5.74, 6) is -0.528. The number of thiazole rings is 1. The lowest BCUT2D eigenvalue weighted by molar-refractivity contribution is -0.125.